The fourth-order valence-electron chi connectivity index (χ4n) is 1.56. The van der Waals surface area contributed by atoms with E-state index in [9.17, 15) is 5.11 Å². The molecule has 0 amide bonds. The van der Waals surface area contributed by atoms with Crippen LogP contribution in [0, 0.1) is 0 Å². The Kier molecular flexibility index (Phi) is 5.76. The van der Waals surface area contributed by atoms with Gasteiger partial charge in [-0.05, 0) is 44.0 Å². The summed E-state index contributed by atoms with van der Waals surface area (Å²) in [5.74, 6) is 0. The van der Waals surface area contributed by atoms with Crippen LogP contribution >= 0.6 is 27.5 Å². The highest BCUT2D eigenvalue weighted by Crippen LogP contribution is 2.20. The fourth-order valence-corrected chi connectivity index (χ4v) is 2.15. The van der Waals surface area contributed by atoms with Crippen LogP contribution in [-0.2, 0) is 6.54 Å². The van der Waals surface area contributed by atoms with Crippen LogP contribution in [0.25, 0.3) is 0 Å². The lowest BCUT2D eigenvalue weighted by molar-refractivity contribution is 0.170. The molecule has 0 saturated heterocycles. The minimum atomic E-state index is -0.277. The normalized spacial score (nSPS) is 14.8. The Morgan fingerprint density at radius 2 is 2.12 bits per heavy atom. The summed E-state index contributed by atoms with van der Waals surface area (Å²) in [6.45, 7) is 4.56. The molecule has 0 fully saturated rings. The van der Waals surface area contributed by atoms with Crippen molar-refractivity contribution in [2.45, 2.75) is 39.0 Å². The molecule has 90 valence electrons. The third-order valence-electron chi connectivity index (χ3n) is 2.34. The second kappa shape index (κ2) is 6.60. The van der Waals surface area contributed by atoms with Crippen molar-refractivity contribution in [1.82, 2.24) is 5.32 Å². The number of benzene rings is 1. The third-order valence-corrected chi connectivity index (χ3v) is 3.21. The zero-order valence-electron chi connectivity index (χ0n) is 9.50. The van der Waals surface area contributed by atoms with Crippen LogP contribution in [0.3, 0.4) is 0 Å². The maximum atomic E-state index is 9.25. The highest BCUT2D eigenvalue weighted by molar-refractivity contribution is 9.10. The summed E-state index contributed by atoms with van der Waals surface area (Å²) < 4.78 is 1.02. The van der Waals surface area contributed by atoms with Gasteiger partial charge in [0, 0.05) is 22.1 Å². The van der Waals surface area contributed by atoms with Gasteiger partial charge in [0.05, 0.1) is 6.10 Å². The second-order valence-electron chi connectivity index (χ2n) is 4.10. The molecule has 2 unspecified atom stereocenters. The quantitative estimate of drug-likeness (QED) is 0.874. The Balaban J connectivity index is 2.51. The van der Waals surface area contributed by atoms with Crippen LogP contribution in [0.15, 0.2) is 22.7 Å². The maximum Gasteiger partial charge on any atom is 0.0526 e. The number of hydrogen-bond donors (Lipinski definition) is 2. The van der Waals surface area contributed by atoms with Gasteiger partial charge in [0.1, 0.15) is 0 Å². The number of hydrogen-bond acceptors (Lipinski definition) is 2. The first-order valence-corrected chi connectivity index (χ1v) is 6.51. The molecule has 0 aliphatic carbocycles. The van der Waals surface area contributed by atoms with Crippen molar-refractivity contribution >= 4 is 27.5 Å². The topological polar surface area (TPSA) is 32.3 Å². The Morgan fingerprint density at radius 3 is 2.75 bits per heavy atom. The minimum absolute atomic E-state index is 0.273. The molecule has 0 radical (unpaired) electrons. The summed E-state index contributed by atoms with van der Waals surface area (Å²) in [5, 5.41) is 13.3. The Morgan fingerprint density at radius 1 is 1.44 bits per heavy atom. The molecule has 2 nitrogen and oxygen atoms in total. The van der Waals surface area contributed by atoms with Gasteiger partial charge >= 0.3 is 0 Å². The van der Waals surface area contributed by atoms with Crippen LogP contribution in [0.1, 0.15) is 25.8 Å². The Hall–Kier alpha value is -0.0900. The molecule has 16 heavy (non-hydrogen) atoms. The smallest absolute Gasteiger partial charge is 0.0526 e. The summed E-state index contributed by atoms with van der Waals surface area (Å²) in [4.78, 5) is 0. The Labute approximate surface area is 110 Å². The standard InChI is InChI=1S/C12H17BrClNO/c1-8(5-9(2)16)15-7-10-6-11(13)3-4-12(10)14/h3-4,6,8-9,15-16H,5,7H2,1-2H3. The number of aliphatic hydroxyl groups is 1. The first-order valence-electron chi connectivity index (χ1n) is 5.34. The lowest BCUT2D eigenvalue weighted by Crippen LogP contribution is -2.28. The van der Waals surface area contributed by atoms with Crippen LogP contribution in [-0.4, -0.2) is 17.3 Å². The third kappa shape index (κ3) is 4.83. The maximum absolute atomic E-state index is 9.25. The fraction of sp³-hybridized carbons (Fsp3) is 0.500. The number of halogens is 2. The number of aliphatic hydroxyl groups excluding tert-OH is 1. The molecule has 4 heteroatoms. The van der Waals surface area contributed by atoms with E-state index in [1.54, 1.807) is 6.92 Å². The first-order chi connectivity index (χ1) is 7.49. The van der Waals surface area contributed by atoms with E-state index < -0.39 is 0 Å². The van der Waals surface area contributed by atoms with E-state index in [0.29, 0.717) is 6.54 Å². The van der Waals surface area contributed by atoms with Crippen LogP contribution in [0.2, 0.25) is 5.02 Å². The van der Waals surface area contributed by atoms with Gasteiger partial charge in [0.2, 0.25) is 0 Å². The van der Waals surface area contributed by atoms with Crippen molar-refractivity contribution in [2.24, 2.45) is 0 Å². The van der Waals surface area contributed by atoms with Crippen LogP contribution < -0.4 is 5.32 Å². The molecule has 0 bridgehead atoms. The van der Waals surface area contributed by atoms with Crippen LogP contribution in [0.4, 0.5) is 0 Å². The van der Waals surface area contributed by atoms with Gasteiger partial charge in [-0.1, -0.05) is 27.5 Å². The zero-order chi connectivity index (χ0) is 12.1. The monoisotopic (exact) mass is 305 g/mol. The average Bonchev–Trinajstić information content (AvgIpc) is 2.18. The van der Waals surface area contributed by atoms with E-state index >= 15 is 0 Å². The number of rotatable bonds is 5. The highest BCUT2D eigenvalue weighted by Gasteiger charge is 2.07. The van der Waals surface area contributed by atoms with E-state index in [1.807, 2.05) is 18.2 Å². The van der Waals surface area contributed by atoms with Gasteiger partial charge in [-0.3, -0.25) is 0 Å². The molecular formula is C12H17BrClNO. The second-order valence-corrected chi connectivity index (χ2v) is 5.43. The molecular weight excluding hydrogens is 289 g/mol. The van der Waals surface area contributed by atoms with Gasteiger partial charge < -0.3 is 10.4 Å². The predicted molar refractivity (Wildman–Crippen MR) is 71.8 cm³/mol. The molecule has 2 N–H and O–H groups in total. The van der Waals surface area contributed by atoms with Crippen molar-refractivity contribution in [1.29, 1.82) is 0 Å². The van der Waals surface area contributed by atoms with Gasteiger partial charge in [0.15, 0.2) is 0 Å². The molecule has 0 aliphatic rings. The van der Waals surface area contributed by atoms with E-state index in [-0.39, 0.29) is 12.1 Å². The number of nitrogens with one attached hydrogen (secondary N) is 1. The first kappa shape index (κ1) is 14.0. The molecule has 0 heterocycles. The largest absolute Gasteiger partial charge is 0.393 e. The summed E-state index contributed by atoms with van der Waals surface area (Å²) in [6.07, 6.45) is 0.464. The summed E-state index contributed by atoms with van der Waals surface area (Å²) in [7, 11) is 0. The zero-order valence-corrected chi connectivity index (χ0v) is 11.8. The molecule has 2 atom stereocenters. The highest BCUT2D eigenvalue weighted by atomic mass is 79.9. The molecule has 0 aromatic heterocycles. The van der Waals surface area contributed by atoms with Gasteiger partial charge in [-0.15, -0.1) is 0 Å². The summed E-state index contributed by atoms with van der Waals surface area (Å²) in [6, 6.07) is 6.08. The van der Waals surface area contributed by atoms with E-state index in [4.69, 9.17) is 11.6 Å². The lowest BCUT2D eigenvalue weighted by atomic mass is 10.1. The van der Waals surface area contributed by atoms with Gasteiger partial charge in [-0.2, -0.15) is 0 Å². The van der Waals surface area contributed by atoms with Crippen molar-refractivity contribution in [3.05, 3.63) is 33.3 Å². The van der Waals surface area contributed by atoms with E-state index in [1.165, 1.54) is 0 Å². The molecule has 1 aromatic carbocycles. The van der Waals surface area contributed by atoms with E-state index in [2.05, 4.69) is 28.2 Å². The van der Waals surface area contributed by atoms with Crippen molar-refractivity contribution < 1.29 is 5.11 Å². The van der Waals surface area contributed by atoms with Gasteiger partial charge in [0.25, 0.3) is 0 Å². The molecule has 0 aliphatic heterocycles. The summed E-state index contributed by atoms with van der Waals surface area (Å²) in [5.41, 5.74) is 1.06. The summed E-state index contributed by atoms with van der Waals surface area (Å²) >= 11 is 9.49. The molecule has 1 rings (SSSR count). The van der Waals surface area contributed by atoms with Crippen molar-refractivity contribution in [3.8, 4) is 0 Å². The molecule has 1 aromatic rings. The SMILES string of the molecule is CC(O)CC(C)NCc1cc(Br)ccc1Cl. The molecule has 0 spiro atoms. The van der Waals surface area contributed by atoms with E-state index in [0.717, 1.165) is 21.5 Å². The van der Waals surface area contributed by atoms with Gasteiger partial charge in [-0.25, -0.2) is 0 Å². The lowest BCUT2D eigenvalue weighted by Gasteiger charge is -2.16. The van der Waals surface area contributed by atoms with Crippen molar-refractivity contribution in [3.63, 3.8) is 0 Å². The predicted octanol–water partition coefficient (Wildman–Crippen LogP) is 3.35. The minimum Gasteiger partial charge on any atom is -0.393 e. The van der Waals surface area contributed by atoms with Crippen LogP contribution in [0.5, 0.6) is 0 Å². The Bertz CT molecular complexity index is 344. The van der Waals surface area contributed by atoms with Crippen molar-refractivity contribution in [2.75, 3.05) is 0 Å². The average molecular weight is 307 g/mol. The molecule has 0 saturated carbocycles.